The number of rotatable bonds is 5. The number of hydrazine groups is 1. The molecule has 8 nitrogen and oxygen atoms in total. The zero-order chi connectivity index (χ0) is 15.4. The van der Waals surface area contributed by atoms with E-state index >= 15 is 0 Å². The van der Waals surface area contributed by atoms with Crippen molar-refractivity contribution < 1.29 is 13.7 Å². The summed E-state index contributed by atoms with van der Waals surface area (Å²) >= 11 is 0. The number of nitrogens with two attached hydrogens (primary N) is 1. The van der Waals surface area contributed by atoms with Crippen LogP contribution in [-0.4, -0.2) is 14.9 Å². The van der Waals surface area contributed by atoms with Crippen LogP contribution in [-0.2, 0) is 6.54 Å². The summed E-state index contributed by atoms with van der Waals surface area (Å²) in [6.45, 7) is 0.0130. The van der Waals surface area contributed by atoms with Crippen LogP contribution in [0.1, 0.15) is 5.56 Å². The lowest BCUT2D eigenvalue weighted by molar-refractivity contribution is -0.383. The molecule has 110 valence electrons. The first-order valence-corrected chi connectivity index (χ1v) is 5.66. The highest BCUT2D eigenvalue weighted by molar-refractivity contribution is 5.68. The Labute approximate surface area is 117 Å². The fraction of sp³-hybridized carbons (Fsp3) is 0.0909. The van der Waals surface area contributed by atoms with Gasteiger partial charge in [0.1, 0.15) is 6.33 Å². The van der Waals surface area contributed by atoms with Crippen molar-refractivity contribution >= 4 is 17.3 Å². The maximum atomic E-state index is 13.1. The van der Waals surface area contributed by atoms with E-state index < -0.39 is 22.2 Å². The molecule has 0 saturated carbocycles. The van der Waals surface area contributed by atoms with Crippen LogP contribution in [0.4, 0.5) is 26.1 Å². The number of benzene rings is 1. The second-order valence-corrected chi connectivity index (χ2v) is 3.92. The minimum Gasteiger partial charge on any atom is -0.360 e. The number of hydrogen-bond donors (Lipinski definition) is 3. The van der Waals surface area contributed by atoms with Gasteiger partial charge < -0.3 is 10.7 Å². The van der Waals surface area contributed by atoms with E-state index in [1.54, 1.807) is 0 Å². The number of nitrogen functional groups attached to an aromatic ring is 1. The number of hydrogen-bond acceptors (Lipinski definition) is 7. The molecule has 10 heteroatoms. The maximum Gasteiger partial charge on any atom is 0.354 e. The summed E-state index contributed by atoms with van der Waals surface area (Å²) in [5.74, 6) is 2.91. The van der Waals surface area contributed by atoms with Gasteiger partial charge in [-0.25, -0.2) is 24.6 Å². The highest BCUT2D eigenvalue weighted by atomic mass is 19.2. The Morgan fingerprint density at radius 2 is 1.95 bits per heavy atom. The van der Waals surface area contributed by atoms with Gasteiger partial charge in [-0.15, -0.1) is 0 Å². The van der Waals surface area contributed by atoms with Gasteiger partial charge in [-0.1, -0.05) is 6.07 Å². The molecule has 21 heavy (non-hydrogen) atoms. The van der Waals surface area contributed by atoms with Crippen molar-refractivity contribution in [3.05, 3.63) is 51.8 Å². The Balaban J connectivity index is 2.23. The summed E-state index contributed by atoms with van der Waals surface area (Å²) in [6, 6.07) is 3.30. The summed E-state index contributed by atoms with van der Waals surface area (Å²) < 4.78 is 25.9. The molecule has 0 bridgehead atoms. The summed E-state index contributed by atoms with van der Waals surface area (Å²) in [7, 11) is 0. The Bertz CT molecular complexity index is 682. The van der Waals surface area contributed by atoms with Crippen LogP contribution in [0, 0.1) is 21.7 Å². The molecule has 2 aromatic rings. The van der Waals surface area contributed by atoms with Crippen molar-refractivity contribution in [2.45, 2.75) is 6.54 Å². The summed E-state index contributed by atoms with van der Waals surface area (Å²) in [6.07, 6.45) is 1.08. The molecule has 0 aliphatic heterocycles. The fourth-order valence-corrected chi connectivity index (χ4v) is 1.62. The van der Waals surface area contributed by atoms with Gasteiger partial charge in [0.25, 0.3) is 0 Å². The molecule has 1 aromatic heterocycles. The first-order valence-electron chi connectivity index (χ1n) is 5.66. The summed E-state index contributed by atoms with van der Waals surface area (Å²) in [4.78, 5) is 17.6. The van der Waals surface area contributed by atoms with E-state index in [1.165, 1.54) is 6.07 Å². The average molecular weight is 296 g/mol. The van der Waals surface area contributed by atoms with Crippen molar-refractivity contribution in [3.63, 3.8) is 0 Å². The third-order valence-corrected chi connectivity index (χ3v) is 2.59. The number of nitro groups is 1. The molecule has 0 aliphatic carbocycles. The topological polar surface area (TPSA) is 119 Å². The Morgan fingerprint density at radius 3 is 2.57 bits per heavy atom. The van der Waals surface area contributed by atoms with Gasteiger partial charge in [-0.3, -0.25) is 10.1 Å². The number of halogens is 2. The molecule has 0 radical (unpaired) electrons. The molecule has 0 saturated heterocycles. The summed E-state index contributed by atoms with van der Waals surface area (Å²) in [5, 5.41) is 13.6. The van der Waals surface area contributed by atoms with Gasteiger partial charge in [0.2, 0.25) is 11.6 Å². The van der Waals surface area contributed by atoms with Crippen LogP contribution in [0.5, 0.6) is 0 Å². The number of nitrogens with one attached hydrogen (secondary N) is 2. The molecule has 1 heterocycles. The van der Waals surface area contributed by atoms with Crippen molar-refractivity contribution in [1.82, 2.24) is 9.97 Å². The van der Waals surface area contributed by atoms with E-state index in [4.69, 9.17) is 5.84 Å². The van der Waals surface area contributed by atoms with E-state index in [0.717, 1.165) is 18.5 Å². The molecular weight excluding hydrogens is 286 g/mol. The number of aromatic nitrogens is 2. The molecule has 2 rings (SSSR count). The van der Waals surface area contributed by atoms with Gasteiger partial charge in [-0.2, -0.15) is 0 Å². The van der Waals surface area contributed by atoms with Crippen LogP contribution in [0.25, 0.3) is 0 Å². The molecule has 0 amide bonds. The lowest BCUT2D eigenvalue weighted by atomic mass is 10.2. The van der Waals surface area contributed by atoms with Crippen LogP contribution >= 0.6 is 0 Å². The quantitative estimate of drug-likeness (QED) is 0.435. The zero-order valence-corrected chi connectivity index (χ0v) is 10.5. The van der Waals surface area contributed by atoms with E-state index in [1.807, 2.05) is 0 Å². The van der Waals surface area contributed by atoms with Gasteiger partial charge in [-0.05, 0) is 17.7 Å². The molecule has 0 fully saturated rings. The van der Waals surface area contributed by atoms with E-state index in [2.05, 4.69) is 20.7 Å². The highest BCUT2D eigenvalue weighted by Gasteiger charge is 2.22. The van der Waals surface area contributed by atoms with Crippen molar-refractivity contribution in [3.8, 4) is 0 Å². The SMILES string of the molecule is NNc1ncnc(NCc2ccc(F)c(F)c2)c1[N+](=O)[O-]. The van der Waals surface area contributed by atoms with Gasteiger partial charge in [0.05, 0.1) is 4.92 Å². The molecule has 0 aliphatic rings. The molecule has 0 spiro atoms. The summed E-state index contributed by atoms with van der Waals surface area (Å²) in [5.41, 5.74) is 2.04. The monoisotopic (exact) mass is 296 g/mol. The molecule has 1 aromatic carbocycles. The van der Waals surface area contributed by atoms with Crippen molar-refractivity contribution in [2.75, 3.05) is 10.7 Å². The zero-order valence-electron chi connectivity index (χ0n) is 10.5. The molecule has 0 atom stereocenters. The lowest BCUT2D eigenvalue weighted by Gasteiger charge is -2.08. The van der Waals surface area contributed by atoms with E-state index in [9.17, 15) is 18.9 Å². The number of anilines is 2. The third-order valence-electron chi connectivity index (χ3n) is 2.59. The predicted molar refractivity (Wildman–Crippen MR) is 70.2 cm³/mol. The van der Waals surface area contributed by atoms with E-state index in [0.29, 0.717) is 5.56 Å². The smallest absolute Gasteiger partial charge is 0.354 e. The van der Waals surface area contributed by atoms with Gasteiger partial charge in [0, 0.05) is 6.54 Å². The Kier molecular flexibility index (Phi) is 4.18. The maximum absolute atomic E-state index is 13.1. The minimum absolute atomic E-state index is 0.0130. The second-order valence-electron chi connectivity index (χ2n) is 3.92. The third kappa shape index (κ3) is 3.17. The van der Waals surface area contributed by atoms with Crippen LogP contribution in [0.3, 0.4) is 0 Å². The first kappa shape index (κ1) is 14.5. The fourth-order valence-electron chi connectivity index (χ4n) is 1.62. The second kappa shape index (κ2) is 6.05. The Hall–Kier alpha value is -2.88. The van der Waals surface area contributed by atoms with Gasteiger partial charge in [0.15, 0.2) is 11.6 Å². The predicted octanol–water partition coefficient (Wildman–Crippen LogP) is 1.56. The lowest BCUT2D eigenvalue weighted by Crippen LogP contribution is -2.13. The van der Waals surface area contributed by atoms with Crippen molar-refractivity contribution in [2.24, 2.45) is 5.84 Å². The standard InChI is InChI=1S/C11H10F2N6O2/c12-7-2-1-6(3-8(7)13)4-15-10-9(19(20)21)11(18-14)17-5-16-10/h1-3,5H,4,14H2,(H2,15,16,17,18). The van der Waals surface area contributed by atoms with E-state index in [-0.39, 0.29) is 18.2 Å². The minimum atomic E-state index is -1.00. The van der Waals surface area contributed by atoms with Crippen LogP contribution in [0.2, 0.25) is 0 Å². The van der Waals surface area contributed by atoms with Crippen LogP contribution in [0.15, 0.2) is 24.5 Å². The number of nitrogens with zero attached hydrogens (tertiary/aromatic N) is 3. The Morgan fingerprint density at radius 1 is 1.24 bits per heavy atom. The molecular formula is C11H10F2N6O2. The highest BCUT2D eigenvalue weighted by Crippen LogP contribution is 2.28. The van der Waals surface area contributed by atoms with Crippen molar-refractivity contribution in [1.29, 1.82) is 0 Å². The first-order chi connectivity index (χ1) is 10.0. The van der Waals surface area contributed by atoms with Crippen LogP contribution < -0.4 is 16.6 Å². The molecule has 0 unspecified atom stereocenters. The van der Waals surface area contributed by atoms with Gasteiger partial charge >= 0.3 is 5.69 Å². The largest absolute Gasteiger partial charge is 0.360 e. The molecule has 4 N–H and O–H groups in total. The average Bonchev–Trinajstić information content (AvgIpc) is 2.47. The normalized spacial score (nSPS) is 10.2.